The van der Waals surface area contributed by atoms with Crippen molar-refractivity contribution >= 4 is 23.2 Å². The lowest BCUT2D eigenvalue weighted by molar-refractivity contribution is 0.494. The SMILES string of the molecule is NC(Cc1cccc(F)c1F)c1ccc(Cl)c(Cl)c1. The highest BCUT2D eigenvalue weighted by atomic mass is 35.5. The molecule has 1 atom stereocenters. The molecule has 0 heterocycles. The third kappa shape index (κ3) is 3.24. The predicted molar refractivity (Wildman–Crippen MR) is 73.5 cm³/mol. The Labute approximate surface area is 119 Å². The molecule has 1 nitrogen and oxygen atoms in total. The van der Waals surface area contributed by atoms with Gasteiger partial charge >= 0.3 is 0 Å². The van der Waals surface area contributed by atoms with Crippen molar-refractivity contribution in [3.8, 4) is 0 Å². The molecule has 100 valence electrons. The molecule has 2 rings (SSSR count). The van der Waals surface area contributed by atoms with Crippen LogP contribution in [0, 0.1) is 11.6 Å². The van der Waals surface area contributed by atoms with Crippen molar-refractivity contribution in [3.63, 3.8) is 0 Å². The van der Waals surface area contributed by atoms with Crippen molar-refractivity contribution in [1.82, 2.24) is 0 Å². The number of benzene rings is 2. The summed E-state index contributed by atoms with van der Waals surface area (Å²) in [5, 5.41) is 0.809. The Kier molecular flexibility index (Phi) is 4.40. The molecule has 0 saturated carbocycles. The standard InChI is InChI=1S/C14H11Cl2F2N/c15-10-5-4-8(6-11(10)16)13(19)7-9-2-1-3-12(17)14(9)18/h1-6,13H,7,19H2. The van der Waals surface area contributed by atoms with Gasteiger partial charge in [0.15, 0.2) is 11.6 Å². The summed E-state index contributed by atoms with van der Waals surface area (Å²) in [5.41, 5.74) is 6.93. The van der Waals surface area contributed by atoms with Gasteiger partial charge in [0, 0.05) is 6.04 Å². The molecule has 0 bridgehead atoms. The van der Waals surface area contributed by atoms with E-state index in [0.29, 0.717) is 10.0 Å². The van der Waals surface area contributed by atoms with Gasteiger partial charge in [-0.05, 0) is 35.7 Å². The molecule has 0 aliphatic heterocycles. The Morgan fingerprint density at radius 2 is 1.79 bits per heavy atom. The molecular formula is C14H11Cl2F2N. The fourth-order valence-corrected chi connectivity index (χ4v) is 2.11. The fraction of sp³-hybridized carbons (Fsp3) is 0.143. The van der Waals surface area contributed by atoms with Crippen LogP contribution in [0.4, 0.5) is 8.78 Å². The summed E-state index contributed by atoms with van der Waals surface area (Å²) in [4.78, 5) is 0. The minimum atomic E-state index is -0.876. The van der Waals surface area contributed by atoms with Gasteiger partial charge in [0.25, 0.3) is 0 Å². The van der Waals surface area contributed by atoms with E-state index < -0.39 is 17.7 Å². The molecule has 2 aromatic carbocycles. The number of halogens is 4. The molecule has 1 unspecified atom stereocenters. The topological polar surface area (TPSA) is 26.0 Å². The second kappa shape index (κ2) is 5.87. The maximum Gasteiger partial charge on any atom is 0.162 e. The highest BCUT2D eigenvalue weighted by molar-refractivity contribution is 6.42. The van der Waals surface area contributed by atoms with Crippen molar-refractivity contribution < 1.29 is 8.78 Å². The van der Waals surface area contributed by atoms with E-state index in [9.17, 15) is 8.78 Å². The molecule has 19 heavy (non-hydrogen) atoms. The van der Waals surface area contributed by atoms with Crippen LogP contribution in [0.15, 0.2) is 36.4 Å². The minimum absolute atomic E-state index is 0.182. The quantitative estimate of drug-likeness (QED) is 0.886. The first kappa shape index (κ1) is 14.3. The summed E-state index contributed by atoms with van der Waals surface area (Å²) in [6.07, 6.45) is 0.182. The van der Waals surface area contributed by atoms with Gasteiger partial charge in [0.1, 0.15) is 0 Å². The Balaban J connectivity index is 2.23. The molecule has 0 amide bonds. The molecule has 2 N–H and O–H groups in total. The van der Waals surface area contributed by atoms with Crippen LogP contribution in [0.1, 0.15) is 17.2 Å². The smallest absolute Gasteiger partial charge is 0.162 e. The minimum Gasteiger partial charge on any atom is -0.324 e. The Morgan fingerprint density at radius 3 is 2.47 bits per heavy atom. The number of hydrogen-bond donors (Lipinski definition) is 1. The first-order valence-electron chi connectivity index (χ1n) is 5.62. The highest BCUT2D eigenvalue weighted by Gasteiger charge is 2.13. The van der Waals surface area contributed by atoms with E-state index in [1.54, 1.807) is 18.2 Å². The van der Waals surface area contributed by atoms with Gasteiger partial charge in [0.05, 0.1) is 10.0 Å². The van der Waals surface area contributed by atoms with Crippen LogP contribution in [0.3, 0.4) is 0 Å². The van der Waals surface area contributed by atoms with Crippen molar-refractivity contribution in [2.45, 2.75) is 12.5 Å². The zero-order chi connectivity index (χ0) is 14.0. The fourth-order valence-electron chi connectivity index (χ4n) is 1.80. The van der Waals surface area contributed by atoms with Crippen LogP contribution in [-0.2, 0) is 6.42 Å². The monoisotopic (exact) mass is 301 g/mol. The first-order valence-corrected chi connectivity index (χ1v) is 6.38. The van der Waals surface area contributed by atoms with Gasteiger partial charge in [-0.15, -0.1) is 0 Å². The third-order valence-corrected chi connectivity index (χ3v) is 3.58. The van der Waals surface area contributed by atoms with E-state index in [4.69, 9.17) is 28.9 Å². The molecule has 5 heteroatoms. The zero-order valence-electron chi connectivity index (χ0n) is 9.84. The van der Waals surface area contributed by atoms with E-state index in [2.05, 4.69) is 0 Å². The second-order valence-corrected chi connectivity index (χ2v) is 5.01. The maximum absolute atomic E-state index is 13.5. The molecule has 0 radical (unpaired) electrons. The Morgan fingerprint density at radius 1 is 1.05 bits per heavy atom. The van der Waals surface area contributed by atoms with Gasteiger partial charge in [-0.25, -0.2) is 8.78 Å². The van der Waals surface area contributed by atoms with Crippen molar-refractivity contribution in [3.05, 3.63) is 69.2 Å². The molecular weight excluding hydrogens is 291 g/mol. The molecule has 0 aliphatic rings. The molecule has 0 aliphatic carbocycles. The zero-order valence-corrected chi connectivity index (χ0v) is 11.3. The normalized spacial score (nSPS) is 12.5. The highest BCUT2D eigenvalue weighted by Crippen LogP contribution is 2.26. The molecule has 0 aromatic heterocycles. The van der Waals surface area contributed by atoms with Crippen molar-refractivity contribution in [2.75, 3.05) is 0 Å². The average Bonchev–Trinajstić information content (AvgIpc) is 2.38. The second-order valence-electron chi connectivity index (χ2n) is 4.20. The van der Waals surface area contributed by atoms with Crippen LogP contribution in [-0.4, -0.2) is 0 Å². The van der Waals surface area contributed by atoms with Gasteiger partial charge < -0.3 is 5.73 Å². The number of nitrogens with two attached hydrogens (primary N) is 1. The number of hydrogen-bond acceptors (Lipinski definition) is 1. The third-order valence-electron chi connectivity index (χ3n) is 2.84. The van der Waals surface area contributed by atoms with E-state index in [0.717, 1.165) is 11.6 Å². The summed E-state index contributed by atoms with van der Waals surface area (Å²) in [7, 11) is 0. The lowest BCUT2D eigenvalue weighted by atomic mass is 9.99. The van der Waals surface area contributed by atoms with Gasteiger partial charge in [-0.3, -0.25) is 0 Å². The lowest BCUT2D eigenvalue weighted by Crippen LogP contribution is -2.14. The van der Waals surface area contributed by atoms with Gasteiger partial charge in [-0.1, -0.05) is 41.4 Å². The average molecular weight is 302 g/mol. The van der Waals surface area contributed by atoms with Crippen LogP contribution in [0.2, 0.25) is 10.0 Å². The molecule has 0 spiro atoms. The van der Waals surface area contributed by atoms with Crippen LogP contribution in [0.5, 0.6) is 0 Å². The number of rotatable bonds is 3. The predicted octanol–water partition coefficient (Wildman–Crippen LogP) is 4.51. The molecule has 0 fully saturated rings. The van der Waals surface area contributed by atoms with Crippen molar-refractivity contribution in [2.24, 2.45) is 5.73 Å². The molecule has 0 saturated heterocycles. The van der Waals surface area contributed by atoms with Crippen molar-refractivity contribution in [1.29, 1.82) is 0 Å². The van der Waals surface area contributed by atoms with E-state index in [1.807, 2.05) is 0 Å². The summed E-state index contributed by atoms with van der Waals surface area (Å²) < 4.78 is 26.6. The molecule has 2 aromatic rings. The van der Waals surface area contributed by atoms with Crippen LogP contribution >= 0.6 is 23.2 Å². The van der Waals surface area contributed by atoms with Crippen LogP contribution < -0.4 is 5.73 Å². The van der Waals surface area contributed by atoms with E-state index in [1.165, 1.54) is 12.1 Å². The summed E-state index contributed by atoms with van der Waals surface area (Å²) in [6, 6.07) is 8.53. The maximum atomic E-state index is 13.5. The summed E-state index contributed by atoms with van der Waals surface area (Å²) >= 11 is 11.7. The Hall–Kier alpha value is -1.16. The van der Waals surface area contributed by atoms with Gasteiger partial charge in [-0.2, -0.15) is 0 Å². The lowest BCUT2D eigenvalue weighted by Gasteiger charge is -2.13. The summed E-state index contributed by atoms with van der Waals surface area (Å²) in [6.45, 7) is 0. The Bertz CT molecular complexity index is 602. The van der Waals surface area contributed by atoms with E-state index in [-0.39, 0.29) is 12.0 Å². The first-order chi connectivity index (χ1) is 8.99. The van der Waals surface area contributed by atoms with E-state index >= 15 is 0 Å². The largest absolute Gasteiger partial charge is 0.324 e. The van der Waals surface area contributed by atoms with Gasteiger partial charge in [0.2, 0.25) is 0 Å². The summed E-state index contributed by atoms with van der Waals surface area (Å²) in [5.74, 6) is -1.74. The van der Waals surface area contributed by atoms with Crippen LogP contribution in [0.25, 0.3) is 0 Å².